The Balaban J connectivity index is 2.18. The summed E-state index contributed by atoms with van der Waals surface area (Å²) in [7, 11) is 0. The van der Waals surface area contributed by atoms with Crippen molar-refractivity contribution in [1.82, 2.24) is 19.9 Å². The van der Waals surface area contributed by atoms with Crippen LogP contribution in [0.2, 0.25) is 0 Å². The molecule has 2 heterocycles. The van der Waals surface area contributed by atoms with E-state index in [2.05, 4.69) is 26.0 Å². The van der Waals surface area contributed by atoms with E-state index >= 15 is 0 Å². The van der Waals surface area contributed by atoms with E-state index < -0.39 is 0 Å². The predicted molar refractivity (Wildman–Crippen MR) is 67.3 cm³/mol. The van der Waals surface area contributed by atoms with Crippen molar-refractivity contribution >= 4 is 0 Å². The highest BCUT2D eigenvalue weighted by Gasteiger charge is 2.10. The Morgan fingerprint density at radius 1 is 0.722 bits per heavy atom. The van der Waals surface area contributed by atoms with E-state index in [9.17, 15) is 0 Å². The molecule has 4 nitrogen and oxygen atoms in total. The molecule has 2 aromatic heterocycles. The lowest BCUT2D eigenvalue weighted by molar-refractivity contribution is 1.15. The van der Waals surface area contributed by atoms with Gasteiger partial charge in [0.15, 0.2) is 11.6 Å². The summed E-state index contributed by atoms with van der Waals surface area (Å²) in [5.74, 6) is 1.28. The molecule has 0 fully saturated rings. The summed E-state index contributed by atoms with van der Waals surface area (Å²) in [5, 5.41) is 0. The van der Waals surface area contributed by atoms with Crippen LogP contribution in [0.4, 0.5) is 0 Å². The molecule has 0 N–H and O–H groups in total. The molecular formula is C14H9N4. The maximum atomic E-state index is 4.25. The number of rotatable bonds is 2. The van der Waals surface area contributed by atoms with Gasteiger partial charge in [0.2, 0.25) is 0 Å². The second-order valence-electron chi connectivity index (χ2n) is 3.60. The van der Waals surface area contributed by atoms with E-state index in [1.807, 2.05) is 18.2 Å². The monoisotopic (exact) mass is 233 g/mol. The normalized spacial score (nSPS) is 10.2. The Bertz CT molecular complexity index is 580. The molecule has 0 atom stereocenters. The molecule has 0 amide bonds. The molecular weight excluding hydrogens is 224 g/mol. The molecule has 18 heavy (non-hydrogen) atoms. The number of benzene rings is 1. The minimum absolute atomic E-state index is 0.626. The van der Waals surface area contributed by atoms with Crippen molar-refractivity contribution in [3.05, 3.63) is 61.2 Å². The van der Waals surface area contributed by atoms with E-state index in [0.717, 1.165) is 11.1 Å². The van der Waals surface area contributed by atoms with Crippen LogP contribution in [0.15, 0.2) is 55.1 Å². The van der Waals surface area contributed by atoms with Gasteiger partial charge in [-0.2, -0.15) is 0 Å². The smallest absolute Gasteiger partial charge is 0.160 e. The molecule has 1 aromatic carbocycles. The molecule has 0 saturated heterocycles. The van der Waals surface area contributed by atoms with Gasteiger partial charge in [0.25, 0.3) is 0 Å². The molecule has 3 rings (SSSR count). The van der Waals surface area contributed by atoms with Gasteiger partial charge >= 0.3 is 0 Å². The van der Waals surface area contributed by atoms with Crippen molar-refractivity contribution in [2.75, 3.05) is 0 Å². The van der Waals surface area contributed by atoms with Crippen molar-refractivity contribution in [2.45, 2.75) is 0 Å². The maximum absolute atomic E-state index is 4.25. The van der Waals surface area contributed by atoms with Crippen LogP contribution in [-0.4, -0.2) is 19.9 Å². The highest BCUT2D eigenvalue weighted by atomic mass is 14.9. The Hall–Kier alpha value is -2.62. The van der Waals surface area contributed by atoms with E-state index in [-0.39, 0.29) is 0 Å². The van der Waals surface area contributed by atoms with Gasteiger partial charge in [0, 0.05) is 35.9 Å². The van der Waals surface area contributed by atoms with Crippen molar-refractivity contribution in [3.63, 3.8) is 0 Å². The van der Waals surface area contributed by atoms with Crippen LogP contribution >= 0.6 is 0 Å². The lowest BCUT2D eigenvalue weighted by atomic mass is 10.1. The Labute approximate surface area is 104 Å². The summed E-state index contributed by atoms with van der Waals surface area (Å²) in [6, 6.07) is 12.4. The average molecular weight is 233 g/mol. The largest absolute Gasteiger partial charge is 0.237 e. The van der Waals surface area contributed by atoms with E-state index in [1.165, 1.54) is 0 Å². The van der Waals surface area contributed by atoms with E-state index in [0.29, 0.717) is 11.6 Å². The number of nitrogens with zero attached hydrogens (tertiary/aromatic N) is 4. The van der Waals surface area contributed by atoms with Gasteiger partial charge in [-0.3, -0.25) is 0 Å². The molecule has 0 aliphatic heterocycles. The fraction of sp³-hybridized carbons (Fsp3) is 0. The number of aromatic nitrogens is 4. The molecule has 0 aliphatic carbocycles. The van der Waals surface area contributed by atoms with Gasteiger partial charge in [0.05, 0.1) is 0 Å². The van der Waals surface area contributed by atoms with Crippen LogP contribution < -0.4 is 0 Å². The van der Waals surface area contributed by atoms with E-state index in [4.69, 9.17) is 0 Å². The summed E-state index contributed by atoms with van der Waals surface area (Å²) < 4.78 is 0. The highest BCUT2D eigenvalue weighted by molar-refractivity contribution is 5.76. The van der Waals surface area contributed by atoms with Crippen molar-refractivity contribution < 1.29 is 0 Å². The van der Waals surface area contributed by atoms with Crippen LogP contribution in [0.3, 0.4) is 0 Å². The van der Waals surface area contributed by atoms with Crippen LogP contribution in [-0.2, 0) is 0 Å². The fourth-order valence-electron chi connectivity index (χ4n) is 1.67. The standard InChI is InChI=1S/C14H9N4/c1-2-6-12(14-17-9-4-10-18-14)11(5-1)13-15-7-3-8-16-13/h1-5,7-10H. The number of hydrogen-bond donors (Lipinski definition) is 0. The second-order valence-corrected chi connectivity index (χ2v) is 3.60. The molecule has 3 aromatic rings. The quantitative estimate of drug-likeness (QED) is 0.682. The first kappa shape index (κ1) is 10.5. The molecule has 0 bridgehead atoms. The molecule has 0 unspecified atom stereocenters. The first-order valence-electron chi connectivity index (χ1n) is 5.50. The van der Waals surface area contributed by atoms with Crippen molar-refractivity contribution in [2.24, 2.45) is 0 Å². The van der Waals surface area contributed by atoms with Crippen molar-refractivity contribution in [1.29, 1.82) is 0 Å². The van der Waals surface area contributed by atoms with Gasteiger partial charge < -0.3 is 0 Å². The molecule has 1 radical (unpaired) electrons. The lowest BCUT2D eigenvalue weighted by Gasteiger charge is -2.05. The number of hydrogen-bond acceptors (Lipinski definition) is 4. The van der Waals surface area contributed by atoms with Crippen LogP contribution in [0.5, 0.6) is 0 Å². The van der Waals surface area contributed by atoms with Crippen LogP contribution in [0, 0.1) is 6.07 Å². The zero-order chi connectivity index (χ0) is 12.2. The highest BCUT2D eigenvalue weighted by Crippen LogP contribution is 2.26. The van der Waals surface area contributed by atoms with Crippen LogP contribution in [0.1, 0.15) is 0 Å². The van der Waals surface area contributed by atoms with Gasteiger partial charge in [-0.25, -0.2) is 19.9 Å². The summed E-state index contributed by atoms with van der Waals surface area (Å²) in [6.07, 6.45) is 6.84. The zero-order valence-electron chi connectivity index (χ0n) is 9.49. The van der Waals surface area contributed by atoms with Crippen molar-refractivity contribution in [3.8, 4) is 22.8 Å². The third-order valence-corrected chi connectivity index (χ3v) is 2.45. The summed E-state index contributed by atoms with van der Waals surface area (Å²) in [4.78, 5) is 17.0. The van der Waals surface area contributed by atoms with Crippen LogP contribution in [0.25, 0.3) is 22.8 Å². The Kier molecular flexibility index (Phi) is 2.75. The topological polar surface area (TPSA) is 51.6 Å². The summed E-state index contributed by atoms with van der Waals surface area (Å²) in [6.45, 7) is 0. The van der Waals surface area contributed by atoms with Gasteiger partial charge in [0.1, 0.15) is 0 Å². The summed E-state index contributed by atoms with van der Waals surface area (Å²) in [5.41, 5.74) is 1.69. The molecule has 85 valence electrons. The lowest BCUT2D eigenvalue weighted by Crippen LogP contribution is -1.93. The molecule has 0 spiro atoms. The third kappa shape index (κ3) is 1.96. The molecule has 0 aliphatic rings. The van der Waals surface area contributed by atoms with Gasteiger partial charge in [-0.1, -0.05) is 18.2 Å². The minimum Gasteiger partial charge on any atom is -0.237 e. The second kappa shape index (κ2) is 4.71. The van der Waals surface area contributed by atoms with Gasteiger partial charge in [-0.15, -0.1) is 0 Å². The molecule has 0 saturated carbocycles. The van der Waals surface area contributed by atoms with E-state index in [1.54, 1.807) is 36.9 Å². The first-order valence-corrected chi connectivity index (χ1v) is 5.50. The average Bonchev–Trinajstić information content (AvgIpc) is 2.49. The first-order chi connectivity index (χ1) is 8.95. The SMILES string of the molecule is [c]1cccc(-c2ncccn2)c1-c1ncccn1. The fourth-order valence-corrected chi connectivity index (χ4v) is 1.67. The minimum atomic E-state index is 0.626. The third-order valence-electron chi connectivity index (χ3n) is 2.45. The predicted octanol–water partition coefficient (Wildman–Crippen LogP) is 2.40. The Morgan fingerprint density at radius 2 is 1.33 bits per heavy atom. The maximum Gasteiger partial charge on any atom is 0.160 e. The molecule has 4 heteroatoms. The van der Waals surface area contributed by atoms with Gasteiger partial charge in [-0.05, 0) is 18.2 Å². The Morgan fingerprint density at radius 3 is 2.00 bits per heavy atom. The summed E-state index contributed by atoms with van der Waals surface area (Å²) >= 11 is 0. The zero-order valence-corrected chi connectivity index (χ0v) is 9.49.